The summed E-state index contributed by atoms with van der Waals surface area (Å²) in [4.78, 5) is 17.2. The highest BCUT2D eigenvalue weighted by Crippen LogP contribution is 2.34. The van der Waals surface area contributed by atoms with Crippen molar-refractivity contribution in [2.45, 2.75) is 39.0 Å². The van der Waals surface area contributed by atoms with Gasteiger partial charge in [-0.25, -0.2) is 9.79 Å². The molecule has 1 N–H and O–H groups in total. The number of benzene rings is 1. The summed E-state index contributed by atoms with van der Waals surface area (Å²) in [7, 11) is 0. The van der Waals surface area contributed by atoms with Gasteiger partial charge in [-0.15, -0.1) is 0 Å². The molecule has 0 saturated carbocycles. The Kier molecular flexibility index (Phi) is 6.30. The van der Waals surface area contributed by atoms with Gasteiger partial charge in [-0.3, -0.25) is 0 Å². The average molecular weight is 397 g/mol. The van der Waals surface area contributed by atoms with Crippen molar-refractivity contribution in [2.75, 3.05) is 6.61 Å². The van der Waals surface area contributed by atoms with Crippen molar-refractivity contribution in [1.82, 2.24) is 5.32 Å². The Morgan fingerprint density at radius 3 is 2.83 bits per heavy atom. The molecule has 0 bridgehead atoms. The number of halogens is 1. The lowest BCUT2D eigenvalue weighted by molar-refractivity contribution is -0.138. The predicted octanol–water partition coefficient (Wildman–Crippen LogP) is 4.43. The molecule has 1 atom stereocenters. The Morgan fingerprint density at radius 1 is 1.48 bits per heavy atom. The molecule has 1 heterocycles. The first-order valence-electron chi connectivity index (χ1n) is 7.57. The van der Waals surface area contributed by atoms with Crippen LogP contribution < -0.4 is 5.32 Å². The minimum atomic E-state index is -0.353. The van der Waals surface area contributed by atoms with Gasteiger partial charge in [-0.2, -0.15) is 0 Å². The number of esters is 1. The number of thioether (sulfide) groups is 1. The van der Waals surface area contributed by atoms with Crippen molar-refractivity contribution in [3.05, 3.63) is 45.6 Å². The Balaban J connectivity index is 2.45. The Morgan fingerprint density at radius 2 is 2.22 bits per heavy atom. The third-order valence-corrected chi connectivity index (χ3v) is 4.62. The maximum atomic E-state index is 12.4. The van der Waals surface area contributed by atoms with E-state index in [2.05, 4.69) is 35.1 Å². The fourth-order valence-electron chi connectivity index (χ4n) is 2.32. The quantitative estimate of drug-likeness (QED) is 0.764. The van der Waals surface area contributed by atoms with Gasteiger partial charge < -0.3 is 10.1 Å². The summed E-state index contributed by atoms with van der Waals surface area (Å²) in [6, 6.07) is 7.52. The van der Waals surface area contributed by atoms with E-state index in [1.54, 1.807) is 11.8 Å². The number of nitrogens with zero attached hydrogens (tertiary/aromatic N) is 1. The zero-order valence-electron chi connectivity index (χ0n) is 13.7. The molecule has 0 radical (unpaired) electrons. The van der Waals surface area contributed by atoms with Crippen molar-refractivity contribution in [1.29, 1.82) is 0 Å². The summed E-state index contributed by atoms with van der Waals surface area (Å²) in [5, 5.41) is 4.46. The lowest BCUT2D eigenvalue weighted by Gasteiger charge is -2.26. The Hall–Kier alpha value is -1.27. The molecule has 0 unspecified atom stereocenters. The van der Waals surface area contributed by atoms with Crippen molar-refractivity contribution >= 4 is 38.8 Å². The summed E-state index contributed by atoms with van der Waals surface area (Å²) >= 11 is 5.14. The molecule has 1 aliphatic heterocycles. The molecule has 1 aromatic carbocycles. The third kappa shape index (κ3) is 4.61. The van der Waals surface area contributed by atoms with Gasteiger partial charge in [0.25, 0.3) is 0 Å². The first-order chi connectivity index (χ1) is 10.9. The number of amidine groups is 1. The van der Waals surface area contributed by atoms with E-state index in [4.69, 9.17) is 9.73 Å². The van der Waals surface area contributed by atoms with Crippen LogP contribution in [0.5, 0.6) is 0 Å². The minimum Gasteiger partial charge on any atom is -0.463 e. The fraction of sp³-hybridized carbons (Fsp3) is 0.412. The molecule has 6 heteroatoms. The zero-order chi connectivity index (χ0) is 17.0. The van der Waals surface area contributed by atoms with Crippen LogP contribution in [0, 0.1) is 0 Å². The molecule has 0 amide bonds. The summed E-state index contributed by atoms with van der Waals surface area (Å²) in [5.74, 6) is -0.320. The van der Waals surface area contributed by atoms with E-state index in [1.807, 2.05) is 38.1 Å². The van der Waals surface area contributed by atoms with Gasteiger partial charge in [-0.1, -0.05) is 53.7 Å². The van der Waals surface area contributed by atoms with Crippen molar-refractivity contribution in [3.63, 3.8) is 0 Å². The maximum absolute atomic E-state index is 12.4. The fourth-order valence-corrected chi connectivity index (χ4v) is 3.56. The summed E-state index contributed by atoms with van der Waals surface area (Å²) in [6.07, 6.45) is 0. The Bertz CT molecular complexity index is 656. The highest BCUT2D eigenvalue weighted by Gasteiger charge is 2.30. The van der Waals surface area contributed by atoms with Gasteiger partial charge >= 0.3 is 5.97 Å². The molecule has 0 fully saturated rings. The van der Waals surface area contributed by atoms with E-state index in [-0.39, 0.29) is 12.0 Å². The first kappa shape index (κ1) is 18.1. The lowest BCUT2D eigenvalue weighted by atomic mass is 9.97. The van der Waals surface area contributed by atoms with Crippen LogP contribution in [-0.4, -0.2) is 23.0 Å². The van der Waals surface area contributed by atoms with Gasteiger partial charge in [0, 0.05) is 15.4 Å². The van der Waals surface area contributed by atoms with Crippen molar-refractivity contribution in [3.8, 4) is 0 Å². The molecule has 1 aliphatic rings. The van der Waals surface area contributed by atoms with Crippen LogP contribution in [0.25, 0.3) is 0 Å². The highest BCUT2D eigenvalue weighted by molar-refractivity contribution is 9.10. The van der Waals surface area contributed by atoms with Crippen molar-refractivity contribution < 1.29 is 9.53 Å². The van der Waals surface area contributed by atoms with Gasteiger partial charge in [0.1, 0.15) is 6.04 Å². The normalized spacial score (nSPS) is 17.8. The van der Waals surface area contributed by atoms with Gasteiger partial charge in [0.2, 0.25) is 0 Å². The van der Waals surface area contributed by atoms with Gasteiger partial charge in [0.15, 0.2) is 5.17 Å². The second-order valence-electron chi connectivity index (χ2n) is 5.44. The number of nitrogens with one attached hydrogen (secondary N) is 1. The van der Waals surface area contributed by atoms with E-state index in [1.165, 1.54) is 0 Å². The van der Waals surface area contributed by atoms with Crippen LogP contribution in [0.2, 0.25) is 0 Å². The summed E-state index contributed by atoms with van der Waals surface area (Å²) < 4.78 is 6.19. The topological polar surface area (TPSA) is 50.7 Å². The predicted molar refractivity (Wildman–Crippen MR) is 99.5 cm³/mol. The number of hydrogen-bond acceptors (Lipinski definition) is 5. The molecule has 23 heavy (non-hydrogen) atoms. The van der Waals surface area contributed by atoms with Gasteiger partial charge in [0.05, 0.1) is 12.2 Å². The van der Waals surface area contributed by atoms with E-state index < -0.39 is 0 Å². The molecular formula is C17H21BrN2O2S. The SMILES string of the molecule is CCOC(=O)C1=C(C)NC(SC(C)C)=N[C@@H]1c1cccc(Br)c1. The smallest absolute Gasteiger partial charge is 0.338 e. The number of rotatable bonds is 4. The third-order valence-electron chi connectivity index (χ3n) is 3.23. The van der Waals surface area contributed by atoms with E-state index >= 15 is 0 Å². The lowest BCUT2D eigenvalue weighted by Crippen LogP contribution is -2.31. The van der Waals surface area contributed by atoms with Crippen LogP contribution in [0.1, 0.15) is 39.3 Å². The first-order valence-corrected chi connectivity index (χ1v) is 9.24. The second kappa shape index (κ2) is 8.02. The van der Waals surface area contributed by atoms with Crippen LogP contribution in [-0.2, 0) is 9.53 Å². The number of ether oxygens (including phenoxy) is 1. The molecule has 1 aromatic rings. The number of hydrogen-bond donors (Lipinski definition) is 1. The molecule has 0 saturated heterocycles. The van der Waals surface area contributed by atoms with E-state index in [9.17, 15) is 4.79 Å². The molecule has 4 nitrogen and oxygen atoms in total. The average Bonchev–Trinajstić information content (AvgIpc) is 2.46. The van der Waals surface area contributed by atoms with Gasteiger partial charge in [-0.05, 0) is 31.5 Å². The van der Waals surface area contributed by atoms with E-state index in [0.29, 0.717) is 17.4 Å². The largest absolute Gasteiger partial charge is 0.463 e. The molecule has 124 valence electrons. The molecular weight excluding hydrogens is 376 g/mol. The van der Waals surface area contributed by atoms with Crippen LogP contribution >= 0.6 is 27.7 Å². The number of aliphatic imine (C=N–C) groups is 1. The molecule has 0 spiro atoms. The number of carbonyl (C=O) groups excluding carboxylic acids is 1. The van der Waals surface area contributed by atoms with E-state index in [0.717, 1.165) is 20.9 Å². The number of carbonyl (C=O) groups is 1. The molecule has 2 rings (SSSR count). The highest BCUT2D eigenvalue weighted by atomic mass is 79.9. The summed E-state index contributed by atoms with van der Waals surface area (Å²) in [5.41, 5.74) is 2.33. The molecule has 0 aliphatic carbocycles. The number of allylic oxidation sites excluding steroid dienone is 1. The minimum absolute atomic E-state index is 0.320. The van der Waals surface area contributed by atoms with Crippen LogP contribution in [0.15, 0.2) is 45.0 Å². The Labute approximate surface area is 149 Å². The monoisotopic (exact) mass is 396 g/mol. The van der Waals surface area contributed by atoms with Crippen LogP contribution in [0.3, 0.4) is 0 Å². The van der Waals surface area contributed by atoms with Crippen LogP contribution in [0.4, 0.5) is 0 Å². The zero-order valence-corrected chi connectivity index (χ0v) is 16.1. The van der Waals surface area contributed by atoms with Crippen molar-refractivity contribution in [2.24, 2.45) is 4.99 Å². The summed E-state index contributed by atoms with van der Waals surface area (Å²) in [6.45, 7) is 8.28. The maximum Gasteiger partial charge on any atom is 0.338 e. The second-order valence-corrected chi connectivity index (χ2v) is 7.92. The standard InChI is InChI=1S/C17H21BrN2O2S/c1-5-22-16(21)14-11(4)19-17(23-10(2)3)20-15(14)12-7-6-8-13(18)9-12/h6-10,15H,5H2,1-4H3,(H,19,20)/t15-/m1/s1. The molecule has 0 aromatic heterocycles.